The van der Waals surface area contributed by atoms with Crippen molar-refractivity contribution < 1.29 is 42.4 Å². The molecule has 0 heterocycles. The summed E-state index contributed by atoms with van der Waals surface area (Å²) in [7, 11) is 0. The van der Waals surface area contributed by atoms with E-state index in [0.717, 1.165) is 11.6 Å². The lowest BCUT2D eigenvalue weighted by Gasteiger charge is -2.08. The largest absolute Gasteiger partial charge is 0.514 e. The molecule has 0 aromatic heterocycles. The van der Waals surface area contributed by atoms with Gasteiger partial charge < -0.3 is 28.4 Å². The maximum atomic E-state index is 13.5. The number of benzene rings is 1. The van der Waals surface area contributed by atoms with Crippen molar-refractivity contribution in [3.8, 4) is 5.75 Å². The molecule has 0 saturated carbocycles. The van der Waals surface area contributed by atoms with Crippen LogP contribution < -0.4 is 4.74 Å². The van der Waals surface area contributed by atoms with Crippen molar-refractivity contribution in [2.45, 2.75) is 6.92 Å². The van der Waals surface area contributed by atoms with Crippen molar-refractivity contribution in [2.24, 2.45) is 0 Å². The third kappa shape index (κ3) is 11.3. The highest BCUT2D eigenvalue weighted by Gasteiger charge is 2.10. The van der Waals surface area contributed by atoms with Crippen LogP contribution in [0.5, 0.6) is 5.75 Å². The third-order valence-electron chi connectivity index (χ3n) is 3.11. The topological polar surface area (TPSA) is 89.5 Å². The maximum Gasteiger partial charge on any atom is 0.514 e. The number of hydrogen-bond acceptors (Lipinski definition) is 8. The van der Waals surface area contributed by atoms with Crippen LogP contribution in [0, 0.1) is 12.7 Å². The molecule has 0 N–H and O–H groups in total. The van der Waals surface area contributed by atoms with Crippen LogP contribution in [0.2, 0.25) is 0 Å². The molecule has 28 heavy (non-hydrogen) atoms. The number of halogens is 1. The number of hydrogen-bond donors (Lipinski definition) is 0. The zero-order valence-corrected chi connectivity index (χ0v) is 15.8. The maximum absolute atomic E-state index is 13.5. The molecule has 0 spiro atoms. The fourth-order valence-electron chi connectivity index (χ4n) is 1.79. The molecule has 0 aliphatic rings. The molecule has 0 aliphatic carbocycles. The van der Waals surface area contributed by atoms with Crippen molar-refractivity contribution in [1.29, 1.82) is 0 Å². The summed E-state index contributed by atoms with van der Waals surface area (Å²) in [6.07, 6.45) is 0.0829. The Morgan fingerprint density at radius 2 is 1.46 bits per heavy atom. The highest BCUT2D eigenvalue weighted by Crippen LogP contribution is 2.18. The fourth-order valence-corrected chi connectivity index (χ4v) is 1.79. The lowest BCUT2D eigenvalue weighted by molar-refractivity contribution is -0.139. The van der Waals surface area contributed by atoms with Crippen LogP contribution in [0.1, 0.15) is 5.56 Å². The summed E-state index contributed by atoms with van der Waals surface area (Å²) in [6.45, 7) is 6.93. The first kappa shape index (κ1) is 23.5. The van der Waals surface area contributed by atoms with Gasteiger partial charge in [0.1, 0.15) is 13.2 Å². The monoisotopic (exact) mass is 400 g/mol. The van der Waals surface area contributed by atoms with Gasteiger partial charge in [0.05, 0.1) is 39.6 Å². The quantitative estimate of drug-likeness (QED) is 0.204. The minimum atomic E-state index is -1.00. The van der Waals surface area contributed by atoms with Crippen molar-refractivity contribution in [3.05, 3.63) is 42.2 Å². The second kappa shape index (κ2) is 14.6. The van der Waals surface area contributed by atoms with Crippen molar-refractivity contribution in [3.63, 3.8) is 0 Å². The van der Waals surface area contributed by atoms with Gasteiger partial charge in [0, 0.05) is 6.08 Å². The smallest absolute Gasteiger partial charge is 0.460 e. The average Bonchev–Trinajstić information content (AvgIpc) is 2.67. The first-order chi connectivity index (χ1) is 13.5. The SMILES string of the molecule is C=CC(=O)OCCOCCOCCOCCOC(=O)Oc1ccc(C)cc1F. The van der Waals surface area contributed by atoms with E-state index in [1.807, 2.05) is 0 Å². The minimum absolute atomic E-state index is 0.0289. The van der Waals surface area contributed by atoms with E-state index in [9.17, 15) is 14.0 Å². The van der Waals surface area contributed by atoms with Gasteiger partial charge in [0.15, 0.2) is 11.6 Å². The van der Waals surface area contributed by atoms with Gasteiger partial charge in [-0.05, 0) is 24.6 Å². The normalized spacial score (nSPS) is 10.4. The number of esters is 1. The molecule has 1 rings (SSSR count). The molecule has 156 valence electrons. The molecule has 0 aliphatic heterocycles. The lowest BCUT2D eigenvalue weighted by atomic mass is 10.2. The summed E-state index contributed by atoms with van der Waals surface area (Å²) in [5.74, 6) is -1.31. The summed E-state index contributed by atoms with van der Waals surface area (Å²) in [5, 5.41) is 0. The molecule has 1 aromatic carbocycles. The highest BCUT2D eigenvalue weighted by atomic mass is 19.1. The summed E-state index contributed by atoms with van der Waals surface area (Å²) < 4.78 is 43.5. The predicted octanol–water partition coefficient (Wildman–Crippen LogP) is 2.43. The van der Waals surface area contributed by atoms with Crippen molar-refractivity contribution >= 4 is 12.1 Å². The van der Waals surface area contributed by atoms with Crippen LogP contribution in [0.4, 0.5) is 9.18 Å². The molecule has 0 saturated heterocycles. The van der Waals surface area contributed by atoms with E-state index in [2.05, 4.69) is 6.58 Å². The average molecular weight is 400 g/mol. The van der Waals surface area contributed by atoms with E-state index in [1.165, 1.54) is 12.1 Å². The van der Waals surface area contributed by atoms with Gasteiger partial charge in [0.25, 0.3) is 0 Å². The molecule has 0 fully saturated rings. The summed E-state index contributed by atoms with van der Waals surface area (Å²) in [5.41, 5.74) is 0.717. The van der Waals surface area contributed by atoms with Gasteiger partial charge in [-0.15, -0.1) is 0 Å². The van der Waals surface area contributed by atoms with Crippen LogP contribution in [0.15, 0.2) is 30.9 Å². The Bertz CT molecular complexity index is 620. The first-order valence-corrected chi connectivity index (χ1v) is 8.66. The van der Waals surface area contributed by atoms with Crippen LogP contribution >= 0.6 is 0 Å². The Labute approximate surface area is 163 Å². The van der Waals surface area contributed by atoms with Crippen LogP contribution in [-0.4, -0.2) is 65.0 Å². The van der Waals surface area contributed by atoms with Crippen LogP contribution in [0.25, 0.3) is 0 Å². The van der Waals surface area contributed by atoms with Gasteiger partial charge >= 0.3 is 12.1 Å². The molecule has 9 heteroatoms. The van der Waals surface area contributed by atoms with E-state index < -0.39 is 17.9 Å². The lowest BCUT2D eigenvalue weighted by Crippen LogP contribution is -2.17. The Morgan fingerprint density at radius 1 is 0.929 bits per heavy atom. The number of aryl methyl sites for hydroxylation is 1. The van der Waals surface area contributed by atoms with Gasteiger partial charge in [0.2, 0.25) is 0 Å². The molecule has 8 nitrogen and oxygen atoms in total. The van der Waals surface area contributed by atoms with Gasteiger partial charge in [-0.1, -0.05) is 12.6 Å². The van der Waals surface area contributed by atoms with Crippen molar-refractivity contribution in [2.75, 3.05) is 52.9 Å². The Kier molecular flexibility index (Phi) is 12.2. The highest BCUT2D eigenvalue weighted by molar-refractivity contribution is 5.81. The molecule has 0 unspecified atom stereocenters. The zero-order valence-electron chi connectivity index (χ0n) is 15.8. The Hall–Kier alpha value is -2.49. The van der Waals surface area contributed by atoms with Crippen LogP contribution in [0.3, 0.4) is 0 Å². The Morgan fingerprint density at radius 3 is 2.00 bits per heavy atom. The predicted molar refractivity (Wildman–Crippen MR) is 96.7 cm³/mol. The minimum Gasteiger partial charge on any atom is -0.460 e. The summed E-state index contributed by atoms with van der Waals surface area (Å²) in [6, 6.07) is 4.24. The molecule has 0 atom stereocenters. The number of rotatable bonds is 14. The fraction of sp³-hybridized carbons (Fsp3) is 0.474. The molecular weight excluding hydrogens is 375 g/mol. The van der Waals surface area contributed by atoms with Gasteiger partial charge in [-0.25, -0.2) is 14.0 Å². The molecule has 0 radical (unpaired) electrons. The second-order valence-corrected chi connectivity index (χ2v) is 5.34. The van der Waals surface area contributed by atoms with E-state index in [1.54, 1.807) is 13.0 Å². The molecule has 0 amide bonds. The van der Waals surface area contributed by atoms with Gasteiger partial charge in [-0.2, -0.15) is 0 Å². The summed E-state index contributed by atoms with van der Waals surface area (Å²) in [4.78, 5) is 22.2. The number of carbonyl (C=O) groups excluding carboxylic acids is 2. The zero-order chi connectivity index (χ0) is 20.6. The summed E-state index contributed by atoms with van der Waals surface area (Å²) >= 11 is 0. The Balaban J connectivity index is 1.90. The molecular formula is C19H25FO8. The first-order valence-electron chi connectivity index (χ1n) is 8.66. The van der Waals surface area contributed by atoms with E-state index in [-0.39, 0.29) is 32.2 Å². The van der Waals surface area contributed by atoms with Crippen LogP contribution in [-0.2, 0) is 28.5 Å². The second-order valence-electron chi connectivity index (χ2n) is 5.34. The standard InChI is InChI=1S/C19H25FO8/c1-3-18(21)26-12-10-24-8-6-23-7-9-25-11-13-27-19(22)28-17-5-4-15(2)14-16(17)20/h3-5,14H,1,6-13H2,2H3. The third-order valence-corrected chi connectivity index (χ3v) is 3.11. The van der Waals surface area contributed by atoms with E-state index >= 15 is 0 Å². The van der Waals surface area contributed by atoms with E-state index in [0.29, 0.717) is 26.4 Å². The van der Waals surface area contributed by atoms with E-state index in [4.69, 9.17) is 28.4 Å². The number of ether oxygens (including phenoxy) is 6. The molecule has 0 bridgehead atoms. The van der Waals surface area contributed by atoms with Gasteiger partial charge in [-0.3, -0.25) is 0 Å². The molecule has 1 aromatic rings. The van der Waals surface area contributed by atoms with Crippen molar-refractivity contribution in [1.82, 2.24) is 0 Å². The number of carbonyl (C=O) groups is 2.